The molecule has 0 fully saturated rings. The number of amides is 1. The topological polar surface area (TPSA) is 125 Å². The number of nitrogens with one attached hydrogen (secondary N) is 1. The van der Waals surface area contributed by atoms with Gasteiger partial charge in [0.2, 0.25) is 0 Å². The Kier molecular flexibility index (Phi) is 5.28. The summed E-state index contributed by atoms with van der Waals surface area (Å²) in [5.41, 5.74) is -0.0823. The van der Waals surface area contributed by atoms with Gasteiger partial charge in [-0.25, -0.2) is 0 Å². The maximum absolute atomic E-state index is 12.3. The molecule has 0 saturated carbocycles. The lowest BCUT2D eigenvalue weighted by Crippen LogP contribution is -2.13. The van der Waals surface area contributed by atoms with E-state index in [1.807, 2.05) is 22.6 Å². The van der Waals surface area contributed by atoms with Crippen LogP contribution in [0.4, 0.5) is 17.1 Å². The number of non-ortho nitro benzene ring substituents is 2. The van der Waals surface area contributed by atoms with E-state index in [1.165, 1.54) is 37.4 Å². The van der Waals surface area contributed by atoms with Gasteiger partial charge in [-0.05, 0) is 34.7 Å². The third kappa shape index (κ3) is 3.95. The second kappa shape index (κ2) is 7.21. The molecule has 0 aliphatic heterocycles. The SMILES string of the molecule is COc1cc([N+](=O)[O-])ccc1NC(=O)c1cc(I)cc([N+](=O)[O-])c1. The fourth-order valence-corrected chi connectivity index (χ4v) is 2.56. The molecule has 0 bridgehead atoms. The normalized spacial score (nSPS) is 10.1. The first-order chi connectivity index (χ1) is 11.3. The number of nitro groups is 2. The van der Waals surface area contributed by atoms with Crippen molar-refractivity contribution in [3.8, 4) is 5.75 Å². The summed E-state index contributed by atoms with van der Waals surface area (Å²) in [6.07, 6.45) is 0. The van der Waals surface area contributed by atoms with E-state index in [0.717, 1.165) is 6.07 Å². The smallest absolute Gasteiger partial charge is 0.273 e. The minimum Gasteiger partial charge on any atom is -0.494 e. The van der Waals surface area contributed by atoms with Gasteiger partial charge in [0.05, 0.1) is 28.7 Å². The summed E-state index contributed by atoms with van der Waals surface area (Å²) in [5.74, 6) is -0.485. The number of hydrogen-bond acceptors (Lipinski definition) is 6. The average molecular weight is 443 g/mol. The van der Waals surface area contributed by atoms with Crippen molar-refractivity contribution in [3.63, 3.8) is 0 Å². The molecule has 0 aromatic heterocycles. The van der Waals surface area contributed by atoms with Crippen molar-refractivity contribution >= 4 is 45.6 Å². The third-order valence-corrected chi connectivity index (χ3v) is 3.62. The van der Waals surface area contributed by atoms with Gasteiger partial charge in [0.25, 0.3) is 17.3 Å². The summed E-state index contributed by atoms with van der Waals surface area (Å²) >= 11 is 1.87. The molecular formula is C14H10IN3O6. The number of hydrogen-bond donors (Lipinski definition) is 1. The molecule has 0 aliphatic carbocycles. The minimum atomic E-state index is -0.594. The summed E-state index contributed by atoms with van der Waals surface area (Å²) in [6.45, 7) is 0. The third-order valence-electron chi connectivity index (χ3n) is 3.00. The zero-order valence-electron chi connectivity index (χ0n) is 12.2. The number of nitrogens with zero attached hydrogens (tertiary/aromatic N) is 2. The van der Waals surface area contributed by atoms with Crippen LogP contribution in [-0.4, -0.2) is 22.9 Å². The highest BCUT2D eigenvalue weighted by Crippen LogP contribution is 2.29. The number of nitro benzene ring substituents is 2. The van der Waals surface area contributed by atoms with E-state index in [4.69, 9.17) is 4.74 Å². The van der Waals surface area contributed by atoms with Crippen LogP contribution < -0.4 is 10.1 Å². The molecule has 1 amide bonds. The zero-order chi connectivity index (χ0) is 17.9. The van der Waals surface area contributed by atoms with Crippen molar-refractivity contribution in [2.45, 2.75) is 0 Å². The summed E-state index contributed by atoms with van der Waals surface area (Å²) in [4.78, 5) is 32.8. The second-order valence-corrected chi connectivity index (χ2v) is 5.80. The van der Waals surface area contributed by atoms with Crippen molar-refractivity contribution in [3.05, 3.63) is 65.8 Å². The van der Waals surface area contributed by atoms with Crippen LogP contribution in [0.25, 0.3) is 0 Å². The van der Waals surface area contributed by atoms with Crippen molar-refractivity contribution in [2.75, 3.05) is 12.4 Å². The van der Waals surface area contributed by atoms with E-state index in [0.29, 0.717) is 3.57 Å². The maximum Gasteiger partial charge on any atom is 0.273 e. The first kappa shape index (κ1) is 17.6. The second-order valence-electron chi connectivity index (χ2n) is 4.55. The summed E-state index contributed by atoms with van der Waals surface area (Å²) < 4.78 is 5.56. The van der Waals surface area contributed by atoms with Gasteiger partial charge < -0.3 is 10.1 Å². The monoisotopic (exact) mass is 443 g/mol. The molecule has 2 rings (SSSR count). The summed E-state index contributed by atoms with van der Waals surface area (Å²) in [5, 5.41) is 24.2. The molecule has 2 aromatic carbocycles. The Bertz CT molecular complexity index is 839. The van der Waals surface area contributed by atoms with E-state index in [-0.39, 0.29) is 28.4 Å². The lowest BCUT2D eigenvalue weighted by Gasteiger charge is -2.10. The number of carbonyl (C=O) groups excluding carboxylic acids is 1. The van der Waals surface area contributed by atoms with Gasteiger partial charge in [-0.2, -0.15) is 0 Å². The highest BCUT2D eigenvalue weighted by atomic mass is 127. The van der Waals surface area contributed by atoms with Crippen molar-refractivity contribution in [1.82, 2.24) is 0 Å². The van der Waals surface area contributed by atoms with Crippen LogP contribution in [-0.2, 0) is 0 Å². The quantitative estimate of drug-likeness (QED) is 0.429. The summed E-state index contributed by atoms with van der Waals surface area (Å²) in [6, 6.07) is 7.69. The van der Waals surface area contributed by atoms with Gasteiger partial charge in [0, 0.05) is 27.3 Å². The highest BCUT2D eigenvalue weighted by Gasteiger charge is 2.17. The molecule has 0 unspecified atom stereocenters. The lowest BCUT2D eigenvalue weighted by atomic mass is 10.1. The Morgan fingerprint density at radius 3 is 2.33 bits per heavy atom. The van der Waals surface area contributed by atoms with Crippen LogP contribution in [0.15, 0.2) is 36.4 Å². The minimum absolute atomic E-state index is 0.0917. The molecule has 124 valence electrons. The maximum atomic E-state index is 12.3. The molecule has 0 radical (unpaired) electrons. The van der Waals surface area contributed by atoms with Gasteiger partial charge in [0.1, 0.15) is 5.75 Å². The average Bonchev–Trinajstić information content (AvgIpc) is 2.54. The number of carbonyl (C=O) groups is 1. The predicted molar refractivity (Wildman–Crippen MR) is 93.4 cm³/mol. The van der Waals surface area contributed by atoms with E-state index >= 15 is 0 Å². The van der Waals surface area contributed by atoms with Crippen LogP contribution in [0.1, 0.15) is 10.4 Å². The van der Waals surface area contributed by atoms with E-state index in [9.17, 15) is 25.0 Å². The van der Waals surface area contributed by atoms with Gasteiger partial charge >= 0.3 is 0 Å². The van der Waals surface area contributed by atoms with Crippen molar-refractivity contribution in [1.29, 1.82) is 0 Å². The van der Waals surface area contributed by atoms with Gasteiger partial charge in [-0.15, -0.1) is 0 Å². The Balaban J connectivity index is 2.33. The Hall–Kier alpha value is -2.76. The Labute approximate surface area is 149 Å². The predicted octanol–water partition coefficient (Wildman–Crippen LogP) is 3.37. The summed E-state index contributed by atoms with van der Waals surface area (Å²) in [7, 11) is 1.31. The molecule has 10 heteroatoms. The zero-order valence-corrected chi connectivity index (χ0v) is 14.3. The fraction of sp³-hybridized carbons (Fsp3) is 0.0714. The lowest BCUT2D eigenvalue weighted by molar-refractivity contribution is -0.385. The van der Waals surface area contributed by atoms with Gasteiger partial charge in [0.15, 0.2) is 0 Å². The fourth-order valence-electron chi connectivity index (χ4n) is 1.90. The van der Waals surface area contributed by atoms with Crippen LogP contribution >= 0.6 is 22.6 Å². The largest absolute Gasteiger partial charge is 0.494 e. The first-order valence-electron chi connectivity index (χ1n) is 6.40. The van der Waals surface area contributed by atoms with Crippen LogP contribution in [0, 0.1) is 23.8 Å². The number of rotatable bonds is 5. The Morgan fingerprint density at radius 1 is 1.08 bits per heavy atom. The molecule has 2 aromatic rings. The molecule has 1 N–H and O–H groups in total. The van der Waals surface area contributed by atoms with Crippen LogP contribution in [0.2, 0.25) is 0 Å². The number of ether oxygens (including phenoxy) is 1. The van der Waals surface area contributed by atoms with E-state index in [2.05, 4.69) is 5.32 Å². The molecule has 0 atom stereocenters. The first-order valence-corrected chi connectivity index (χ1v) is 7.48. The van der Waals surface area contributed by atoms with Gasteiger partial charge in [-0.3, -0.25) is 25.0 Å². The molecular weight excluding hydrogens is 433 g/mol. The van der Waals surface area contributed by atoms with Gasteiger partial charge in [-0.1, -0.05) is 0 Å². The van der Waals surface area contributed by atoms with Crippen molar-refractivity contribution < 1.29 is 19.4 Å². The van der Waals surface area contributed by atoms with Crippen LogP contribution in [0.3, 0.4) is 0 Å². The van der Waals surface area contributed by atoms with Crippen molar-refractivity contribution in [2.24, 2.45) is 0 Å². The Morgan fingerprint density at radius 2 is 1.75 bits per heavy atom. The molecule has 0 heterocycles. The number of benzene rings is 2. The van der Waals surface area contributed by atoms with E-state index < -0.39 is 15.8 Å². The molecule has 0 aliphatic rings. The molecule has 0 saturated heterocycles. The molecule has 0 spiro atoms. The molecule has 9 nitrogen and oxygen atoms in total. The van der Waals surface area contributed by atoms with Crippen LogP contribution in [0.5, 0.6) is 5.75 Å². The highest BCUT2D eigenvalue weighted by molar-refractivity contribution is 14.1. The van der Waals surface area contributed by atoms with E-state index in [1.54, 1.807) is 0 Å². The number of halogens is 1. The molecule has 24 heavy (non-hydrogen) atoms. The number of methoxy groups -OCH3 is 1. The standard InChI is InChI=1S/C14H10IN3O6/c1-24-13-7-10(17(20)21)2-3-12(13)16-14(19)8-4-9(15)6-11(5-8)18(22)23/h2-7H,1H3,(H,16,19). The number of anilines is 1.